The summed E-state index contributed by atoms with van der Waals surface area (Å²) in [6, 6.07) is 3.42. The van der Waals surface area contributed by atoms with Crippen LogP contribution in [0.25, 0.3) is 11.5 Å². The minimum atomic E-state index is -3.80. The Bertz CT molecular complexity index is 1010. The zero-order valence-corrected chi connectivity index (χ0v) is 15.4. The fourth-order valence-electron chi connectivity index (χ4n) is 3.16. The number of furan rings is 1. The summed E-state index contributed by atoms with van der Waals surface area (Å²) in [7, 11) is -3.80. The number of hydrogen-bond donors (Lipinski definition) is 2. The summed E-state index contributed by atoms with van der Waals surface area (Å²) >= 11 is 0. The minimum Gasteiger partial charge on any atom is -0.468 e. The van der Waals surface area contributed by atoms with Crippen LogP contribution in [0.2, 0.25) is 0 Å². The van der Waals surface area contributed by atoms with Gasteiger partial charge in [-0.3, -0.25) is 0 Å². The highest BCUT2D eigenvalue weighted by molar-refractivity contribution is 7.89. The third-order valence-electron chi connectivity index (χ3n) is 4.71. The Labute approximate surface area is 151 Å². The van der Waals surface area contributed by atoms with Gasteiger partial charge in [-0.1, -0.05) is 6.42 Å². The van der Waals surface area contributed by atoms with Crippen LogP contribution < -0.4 is 4.72 Å². The topological polar surface area (TPSA) is 114 Å². The number of nitrogens with one attached hydrogen (secondary N) is 2. The van der Waals surface area contributed by atoms with Crippen molar-refractivity contribution < 1.29 is 17.3 Å². The lowest BCUT2D eigenvalue weighted by Crippen LogP contribution is -2.24. The molecule has 3 aromatic rings. The molecule has 0 aromatic carbocycles. The molecule has 138 valence electrons. The van der Waals surface area contributed by atoms with Crippen molar-refractivity contribution in [3.05, 3.63) is 41.4 Å². The van der Waals surface area contributed by atoms with Crippen molar-refractivity contribution in [2.24, 2.45) is 0 Å². The van der Waals surface area contributed by atoms with Crippen LogP contribution in [0.4, 0.5) is 0 Å². The van der Waals surface area contributed by atoms with E-state index >= 15 is 0 Å². The summed E-state index contributed by atoms with van der Waals surface area (Å²) in [6.45, 7) is 3.57. The van der Waals surface area contributed by atoms with Gasteiger partial charge in [-0.05, 0) is 38.8 Å². The van der Waals surface area contributed by atoms with E-state index in [1.807, 2.05) is 0 Å². The number of rotatable bonds is 6. The molecule has 0 atom stereocenters. The molecule has 0 unspecified atom stereocenters. The van der Waals surface area contributed by atoms with Crippen LogP contribution in [0, 0.1) is 13.8 Å². The molecule has 0 bridgehead atoms. The molecule has 0 aliphatic heterocycles. The predicted molar refractivity (Wildman–Crippen MR) is 92.9 cm³/mol. The molecule has 4 rings (SSSR count). The Hall–Kier alpha value is -2.39. The van der Waals surface area contributed by atoms with Gasteiger partial charge in [-0.25, -0.2) is 13.1 Å². The zero-order valence-electron chi connectivity index (χ0n) is 14.6. The van der Waals surface area contributed by atoms with Crippen molar-refractivity contribution in [2.45, 2.75) is 50.5 Å². The van der Waals surface area contributed by atoms with E-state index < -0.39 is 10.0 Å². The fraction of sp³-hybridized carbons (Fsp3) is 0.412. The number of nitrogens with zero attached hydrogens (tertiary/aromatic N) is 2. The molecule has 2 N–H and O–H groups in total. The highest BCUT2D eigenvalue weighted by atomic mass is 32.2. The van der Waals surface area contributed by atoms with E-state index in [1.165, 1.54) is 6.26 Å². The molecule has 9 heteroatoms. The molecule has 1 fully saturated rings. The summed E-state index contributed by atoms with van der Waals surface area (Å²) < 4.78 is 39.4. The van der Waals surface area contributed by atoms with Crippen LogP contribution in [0.15, 0.2) is 32.1 Å². The summed E-state index contributed by atoms with van der Waals surface area (Å²) in [5, 5.41) is 8.21. The third-order valence-corrected chi connectivity index (χ3v) is 6.28. The van der Waals surface area contributed by atoms with E-state index in [1.54, 1.807) is 26.0 Å². The van der Waals surface area contributed by atoms with E-state index in [0.717, 1.165) is 19.3 Å². The molecule has 1 aliphatic carbocycles. The number of aromatic nitrogens is 3. The van der Waals surface area contributed by atoms with Gasteiger partial charge in [0, 0.05) is 17.3 Å². The van der Waals surface area contributed by atoms with E-state index in [0.29, 0.717) is 28.6 Å². The first-order valence-corrected chi connectivity index (χ1v) is 9.99. The van der Waals surface area contributed by atoms with Crippen LogP contribution in [0.1, 0.15) is 48.2 Å². The summed E-state index contributed by atoms with van der Waals surface area (Å²) in [5.41, 5.74) is 1.62. The van der Waals surface area contributed by atoms with Gasteiger partial charge in [0.25, 0.3) is 5.89 Å². The second-order valence-corrected chi connectivity index (χ2v) is 8.26. The van der Waals surface area contributed by atoms with Gasteiger partial charge in [0.2, 0.25) is 15.9 Å². The van der Waals surface area contributed by atoms with Gasteiger partial charge in [-0.2, -0.15) is 0 Å². The molecule has 0 saturated heterocycles. The molecule has 8 nitrogen and oxygen atoms in total. The molecular formula is C17H20N4O4S. The summed E-state index contributed by atoms with van der Waals surface area (Å²) in [4.78, 5) is 3.20. The molecule has 26 heavy (non-hydrogen) atoms. The highest BCUT2D eigenvalue weighted by Crippen LogP contribution is 2.38. The molecule has 3 heterocycles. The van der Waals surface area contributed by atoms with Crippen LogP contribution in [-0.4, -0.2) is 23.6 Å². The summed E-state index contributed by atoms with van der Waals surface area (Å²) in [5.74, 6) is 1.63. The van der Waals surface area contributed by atoms with E-state index in [9.17, 15) is 8.42 Å². The number of sulfonamides is 1. The Morgan fingerprint density at radius 3 is 2.73 bits per heavy atom. The van der Waals surface area contributed by atoms with Crippen molar-refractivity contribution in [3.63, 3.8) is 0 Å². The highest BCUT2D eigenvalue weighted by Gasteiger charge is 2.31. The van der Waals surface area contributed by atoms with E-state index in [4.69, 9.17) is 8.83 Å². The SMILES string of the molecule is Cc1[nH]c(C)c(S(=O)(=O)NCc2ccco2)c1-c1nnc(C2CCC2)o1. The fourth-order valence-corrected chi connectivity index (χ4v) is 4.60. The Balaban J connectivity index is 1.68. The maximum absolute atomic E-state index is 12.9. The largest absolute Gasteiger partial charge is 0.468 e. The average Bonchev–Trinajstić information content (AvgIpc) is 3.24. The molecule has 3 aromatic heterocycles. The third kappa shape index (κ3) is 2.97. The Morgan fingerprint density at radius 2 is 2.08 bits per heavy atom. The minimum absolute atomic E-state index is 0.0651. The maximum Gasteiger partial charge on any atom is 0.250 e. The smallest absolute Gasteiger partial charge is 0.250 e. The van der Waals surface area contributed by atoms with Crippen molar-refractivity contribution in [1.29, 1.82) is 0 Å². The van der Waals surface area contributed by atoms with Gasteiger partial charge in [-0.15, -0.1) is 10.2 Å². The van der Waals surface area contributed by atoms with Crippen LogP contribution in [0.3, 0.4) is 0 Å². The number of aryl methyl sites for hydroxylation is 2. The lowest BCUT2D eigenvalue weighted by Gasteiger charge is -2.20. The molecule has 0 radical (unpaired) electrons. The standard InChI is InChI=1S/C17H20N4O4S/c1-10-14(17-21-20-16(25-17)12-5-3-6-12)15(11(2)19-10)26(22,23)18-9-13-7-4-8-24-13/h4,7-8,12,18-19H,3,5-6,9H2,1-2H3. The van der Waals surface area contributed by atoms with Gasteiger partial charge in [0.05, 0.1) is 18.4 Å². The molecule has 0 amide bonds. The lowest BCUT2D eigenvalue weighted by atomic mass is 9.85. The normalized spacial score (nSPS) is 15.3. The Kier molecular flexibility index (Phi) is 4.20. The first-order valence-electron chi connectivity index (χ1n) is 8.50. The van der Waals surface area contributed by atoms with Crippen molar-refractivity contribution in [3.8, 4) is 11.5 Å². The number of hydrogen-bond acceptors (Lipinski definition) is 6. The lowest BCUT2D eigenvalue weighted by molar-refractivity contribution is 0.338. The predicted octanol–water partition coefficient (Wildman–Crippen LogP) is 3.02. The van der Waals surface area contributed by atoms with Crippen LogP contribution >= 0.6 is 0 Å². The monoisotopic (exact) mass is 376 g/mol. The molecular weight excluding hydrogens is 356 g/mol. The second kappa shape index (κ2) is 6.40. The quantitative estimate of drug-likeness (QED) is 0.683. The molecule has 1 aliphatic rings. The van der Waals surface area contributed by atoms with Gasteiger partial charge >= 0.3 is 0 Å². The number of aromatic amines is 1. The van der Waals surface area contributed by atoms with Crippen LogP contribution in [-0.2, 0) is 16.6 Å². The second-order valence-electron chi connectivity index (χ2n) is 6.56. The van der Waals surface area contributed by atoms with Crippen molar-refractivity contribution >= 4 is 10.0 Å². The van der Waals surface area contributed by atoms with Crippen LogP contribution in [0.5, 0.6) is 0 Å². The van der Waals surface area contributed by atoms with Crippen molar-refractivity contribution in [2.75, 3.05) is 0 Å². The van der Waals surface area contributed by atoms with Gasteiger partial charge < -0.3 is 13.8 Å². The molecule has 1 saturated carbocycles. The maximum atomic E-state index is 12.9. The summed E-state index contributed by atoms with van der Waals surface area (Å²) in [6.07, 6.45) is 4.72. The number of H-pyrrole nitrogens is 1. The van der Waals surface area contributed by atoms with E-state index in [2.05, 4.69) is 19.9 Å². The molecule has 0 spiro atoms. The van der Waals surface area contributed by atoms with Crippen molar-refractivity contribution in [1.82, 2.24) is 19.9 Å². The Morgan fingerprint density at radius 1 is 1.27 bits per heavy atom. The first-order chi connectivity index (χ1) is 12.5. The van der Waals surface area contributed by atoms with Gasteiger partial charge in [0.1, 0.15) is 10.7 Å². The first kappa shape index (κ1) is 17.0. The average molecular weight is 376 g/mol. The zero-order chi connectivity index (χ0) is 18.3. The van der Waals surface area contributed by atoms with Gasteiger partial charge in [0.15, 0.2) is 0 Å². The van der Waals surface area contributed by atoms with E-state index in [-0.39, 0.29) is 23.2 Å².